The zero-order chi connectivity index (χ0) is 13.1. The Bertz CT molecular complexity index is 532. The molecule has 0 saturated carbocycles. The number of halogens is 1. The van der Waals surface area contributed by atoms with E-state index in [1.807, 2.05) is 0 Å². The van der Waals surface area contributed by atoms with Crippen LogP contribution in [0, 0.1) is 0 Å². The summed E-state index contributed by atoms with van der Waals surface area (Å²) >= 11 is 5.77. The van der Waals surface area contributed by atoms with Gasteiger partial charge in [-0.2, -0.15) is 0 Å². The summed E-state index contributed by atoms with van der Waals surface area (Å²) in [5.41, 5.74) is -0.0438. The Morgan fingerprint density at radius 2 is 2.00 bits per heavy atom. The second-order valence-electron chi connectivity index (χ2n) is 3.75. The van der Waals surface area contributed by atoms with Crippen LogP contribution in [0.5, 0.6) is 5.75 Å². The molecule has 1 saturated heterocycles. The lowest BCUT2D eigenvalue weighted by atomic mass is 10.0. The third-order valence-electron chi connectivity index (χ3n) is 2.56. The monoisotopic (exact) mass is 266 g/mol. The minimum atomic E-state index is -0.568. The van der Waals surface area contributed by atoms with Crippen LogP contribution in [-0.4, -0.2) is 30.3 Å². The van der Waals surface area contributed by atoms with E-state index in [-0.39, 0.29) is 16.9 Å². The molecule has 0 atom stereocenters. The molecule has 0 amide bonds. The quantitative estimate of drug-likeness (QED) is 0.248. The first kappa shape index (κ1) is 12.4. The van der Waals surface area contributed by atoms with Crippen molar-refractivity contribution in [3.8, 4) is 5.75 Å². The van der Waals surface area contributed by atoms with Crippen molar-refractivity contribution in [3.05, 3.63) is 40.2 Å². The predicted octanol–water partition coefficient (Wildman–Crippen LogP) is 0.832. The van der Waals surface area contributed by atoms with Gasteiger partial charge in [-0.1, -0.05) is 11.6 Å². The maximum atomic E-state index is 12.1. The number of hydrogen-bond donors (Lipinski definition) is 3. The Morgan fingerprint density at radius 1 is 1.33 bits per heavy atom. The summed E-state index contributed by atoms with van der Waals surface area (Å²) in [6.07, 6.45) is 0.462. The number of ketones is 1. The van der Waals surface area contributed by atoms with E-state index in [4.69, 9.17) is 11.6 Å². The van der Waals surface area contributed by atoms with E-state index in [1.54, 1.807) is 0 Å². The van der Waals surface area contributed by atoms with Gasteiger partial charge in [0.25, 0.3) is 0 Å². The zero-order valence-corrected chi connectivity index (χ0v) is 10.1. The average Bonchev–Trinajstić information content (AvgIpc) is 2.87. The molecule has 0 bridgehead atoms. The molecule has 1 fully saturated rings. The van der Waals surface area contributed by atoms with E-state index in [0.717, 1.165) is 0 Å². The number of nitrogens with one attached hydrogen (secondary N) is 2. The number of allylic oxidation sites excluding steroid dienone is 1. The van der Waals surface area contributed by atoms with Gasteiger partial charge in [0.2, 0.25) is 5.78 Å². The number of benzene rings is 1. The number of carbonyl (C=O) groups is 2. The smallest absolute Gasteiger partial charge is 0.203 e. The zero-order valence-electron chi connectivity index (χ0n) is 9.37. The number of phenolic OH excluding ortho intramolecular Hbond substituents is 1. The summed E-state index contributed by atoms with van der Waals surface area (Å²) in [7, 11) is 0. The normalized spacial score (nSPS) is 13.7. The number of Topliss-reactive ketones (excluding diaryl/α,β-unsaturated/α-hetero) is 1. The van der Waals surface area contributed by atoms with Crippen molar-refractivity contribution in [3.63, 3.8) is 0 Å². The number of aldehydes is 1. The first-order valence-electron chi connectivity index (χ1n) is 5.34. The third-order valence-corrected chi connectivity index (χ3v) is 2.80. The highest BCUT2D eigenvalue weighted by Gasteiger charge is 2.21. The second-order valence-corrected chi connectivity index (χ2v) is 4.19. The molecule has 2 rings (SSSR count). The van der Waals surface area contributed by atoms with Gasteiger partial charge in [-0.25, -0.2) is 0 Å². The van der Waals surface area contributed by atoms with E-state index in [2.05, 4.69) is 10.6 Å². The molecule has 1 aliphatic rings. The standard InChI is InChI=1S/C12H11ClN2O3/c13-7-1-2-10(17)8(5-7)11(18)9(6-16)12-14-3-4-15-12/h1-2,5-6,14-15,17H,3-4H2. The molecule has 0 spiro atoms. The van der Waals surface area contributed by atoms with Gasteiger partial charge in [0.1, 0.15) is 17.1 Å². The van der Waals surface area contributed by atoms with Crippen LogP contribution in [0.1, 0.15) is 10.4 Å². The Labute approximate surface area is 108 Å². The minimum Gasteiger partial charge on any atom is -0.507 e. The first-order valence-corrected chi connectivity index (χ1v) is 5.71. The fourth-order valence-corrected chi connectivity index (χ4v) is 1.86. The van der Waals surface area contributed by atoms with Gasteiger partial charge in [-0.05, 0) is 18.2 Å². The predicted molar refractivity (Wildman–Crippen MR) is 66.5 cm³/mol. The first-order chi connectivity index (χ1) is 8.63. The van der Waals surface area contributed by atoms with E-state index < -0.39 is 5.78 Å². The molecule has 3 N–H and O–H groups in total. The van der Waals surface area contributed by atoms with E-state index >= 15 is 0 Å². The minimum absolute atomic E-state index is 0.00704. The molecule has 1 aromatic carbocycles. The van der Waals surface area contributed by atoms with Crippen molar-refractivity contribution >= 4 is 23.7 Å². The summed E-state index contributed by atoms with van der Waals surface area (Å²) in [4.78, 5) is 23.2. The lowest BCUT2D eigenvalue weighted by Gasteiger charge is -2.07. The topological polar surface area (TPSA) is 78.4 Å². The lowest BCUT2D eigenvalue weighted by Crippen LogP contribution is -2.19. The van der Waals surface area contributed by atoms with Crippen molar-refractivity contribution < 1.29 is 14.7 Å². The molecule has 0 aromatic heterocycles. The summed E-state index contributed by atoms with van der Waals surface area (Å²) in [5.74, 6) is -0.390. The van der Waals surface area contributed by atoms with E-state index in [0.29, 0.717) is 30.2 Å². The van der Waals surface area contributed by atoms with Crippen LogP contribution in [0.25, 0.3) is 0 Å². The van der Waals surface area contributed by atoms with Crippen LogP contribution in [0.3, 0.4) is 0 Å². The summed E-state index contributed by atoms with van der Waals surface area (Å²) in [6.45, 7) is 1.28. The average molecular weight is 267 g/mol. The van der Waals surface area contributed by atoms with Gasteiger partial charge in [0.05, 0.1) is 5.56 Å². The SMILES string of the molecule is O=CC(C(=O)c1cc(Cl)ccc1O)=C1NCCN1. The second kappa shape index (κ2) is 5.10. The van der Waals surface area contributed by atoms with Crippen molar-refractivity contribution in [1.82, 2.24) is 10.6 Å². The molecule has 0 unspecified atom stereocenters. The Kier molecular flexibility index (Phi) is 3.53. The molecule has 1 heterocycles. The number of carbonyl (C=O) groups excluding carboxylic acids is 2. The number of hydrogen-bond acceptors (Lipinski definition) is 5. The number of rotatable bonds is 3. The van der Waals surface area contributed by atoms with E-state index in [1.165, 1.54) is 18.2 Å². The summed E-state index contributed by atoms with van der Waals surface area (Å²) < 4.78 is 0. The van der Waals surface area contributed by atoms with Crippen LogP contribution in [-0.2, 0) is 4.79 Å². The van der Waals surface area contributed by atoms with Crippen LogP contribution < -0.4 is 10.6 Å². The largest absolute Gasteiger partial charge is 0.507 e. The van der Waals surface area contributed by atoms with Crippen LogP contribution >= 0.6 is 11.6 Å². The van der Waals surface area contributed by atoms with E-state index in [9.17, 15) is 14.7 Å². The van der Waals surface area contributed by atoms with Crippen molar-refractivity contribution in [2.75, 3.05) is 13.1 Å². The molecule has 1 aliphatic heterocycles. The number of phenols is 1. The highest BCUT2D eigenvalue weighted by atomic mass is 35.5. The maximum Gasteiger partial charge on any atom is 0.203 e. The third kappa shape index (κ3) is 2.31. The number of aromatic hydroxyl groups is 1. The molecule has 1 aromatic rings. The lowest BCUT2D eigenvalue weighted by molar-refractivity contribution is -0.104. The van der Waals surface area contributed by atoms with Crippen LogP contribution in [0.4, 0.5) is 0 Å². The summed E-state index contributed by atoms with van der Waals surface area (Å²) in [6, 6.07) is 4.11. The maximum absolute atomic E-state index is 12.1. The van der Waals surface area contributed by atoms with Gasteiger partial charge in [0.15, 0.2) is 6.29 Å². The highest BCUT2D eigenvalue weighted by Crippen LogP contribution is 2.24. The summed E-state index contributed by atoms with van der Waals surface area (Å²) in [5, 5.41) is 15.7. The van der Waals surface area contributed by atoms with Gasteiger partial charge in [-0.3, -0.25) is 9.59 Å². The highest BCUT2D eigenvalue weighted by molar-refractivity contribution is 6.31. The molecule has 0 aliphatic carbocycles. The molecule has 0 radical (unpaired) electrons. The van der Waals surface area contributed by atoms with Crippen LogP contribution in [0.2, 0.25) is 5.02 Å². The van der Waals surface area contributed by atoms with Crippen molar-refractivity contribution in [1.29, 1.82) is 0 Å². The van der Waals surface area contributed by atoms with Gasteiger partial charge in [-0.15, -0.1) is 0 Å². The molecular formula is C12H11ClN2O3. The van der Waals surface area contributed by atoms with Gasteiger partial charge >= 0.3 is 0 Å². The Balaban J connectivity index is 2.43. The fraction of sp³-hybridized carbons (Fsp3) is 0.167. The van der Waals surface area contributed by atoms with Crippen molar-refractivity contribution in [2.24, 2.45) is 0 Å². The molecular weight excluding hydrogens is 256 g/mol. The van der Waals surface area contributed by atoms with Gasteiger partial charge < -0.3 is 15.7 Å². The molecule has 94 valence electrons. The van der Waals surface area contributed by atoms with Crippen LogP contribution in [0.15, 0.2) is 29.6 Å². The van der Waals surface area contributed by atoms with Crippen molar-refractivity contribution in [2.45, 2.75) is 0 Å². The Hall–Kier alpha value is -2.01. The fourth-order valence-electron chi connectivity index (χ4n) is 1.69. The van der Waals surface area contributed by atoms with Gasteiger partial charge in [0, 0.05) is 18.1 Å². The molecule has 6 heteroatoms. The molecule has 5 nitrogen and oxygen atoms in total. The Morgan fingerprint density at radius 3 is 2.61 bits per heavy atom. The molecule has 18 heavy (non-hydrogen) atoms.